The first-order valence-electron chi connectivity index (χ1n) is 7.67. The van der Waals surface area contributed by atoms with Crippen molar-refractivity contribution in [1.82, 2.24) is 4.98 Å². The van der Waals surface area contributed by atoms with E-state index in [-0.39, 0.29) is 0 Å². The number of sulfone groups is 1. The van der Waals surface area contributed by atoms with Crippen LogP contribution in [0.15, 0.2) is 52.7 Å². The molecule has 0 amide bonds. The molecule has 5 nitrogen and oxygen atoms in total. The lowest BCUT2D eigenvalue weighted by Gasteiger charge is -2.18. The summed E-state index contributed by atoms with van der Waals surface area (Å²) in [5.74, 6) is 1.49. The normalized spacial score (nSPS) is 13.6. The monoisotopic (exact) mass is 373 g/mol. The number of ether oxygens (including phenoxy) is 2. The standard InChI is InChI=1S/C18H15NO4S2/c1-25(20,21)14-5-2-12(3-6-14)15-11-24-18(19-15)13-4-7-16-17(10-13)23-9-8-22-16/h2-7,10-11H,8-9H2,1H3. The largest absolute Gasteiger partial charge is 0.486 e. The molecule has 128 valence electrons. The summed E-state index contributed by atoms with van der Waals surface area (Å²) in [7, 11) is -3.19. The van der Waals surface area contributed by atoms with Crippen LogP contribution in [0.5, 0.6) is 11.5 Å². The highest BCUT2D eigenvalue weighted by Gasteiger charge is 2.14. The van der Waals surface area contributed by atoms with Crippen molar-refractivity contribution in [1.29, 1.82) is 0 Å². The molecular weight excluding hydrogens is 358 g/mol. The van der Waals surface area contributed by atoms with Crippen molar-refractivity contribution in [2.75, 3.05) is 19.5 Å². The fourth-order valence-electron chi connectivity index (χ4n) is 2.59. The van der Waals surface area contributed by atoms with Gasteiger partial charge in [-0.25, -0.2) is 13.4 Å². The topological polar surface area (TPSA) is 65.5 Å². The number of thiazole rings is 1. The first-order chi connectivity index (χ1) is 12.0. The Labute approximate surface area is 149 Å². The smallest absolute Gasteiger partial charge is 0.175 e. The van der Waals surface area contributed by atoms with Crippen LogP contribution < -0.4 is 9.47 Å². The maximum Gasteiger partial charge on any atom is 0.175 e. The molecular formula is C18H15NO4S2. The Kier molecular flexibility index (Phi) is 3.97. The van der Waals surface area contributed by atoms with E-state index in [0.29, 0.717) is 18.1 Å². The van der Waals surface area contributed by atoms with E-state index in [0.717, 1.165) is 33.3 Å². The van der Waals surface area contributed by atoms with Gasteiger partial charge >= 0.3 is 0 Å². The maximum atomic E-state index is 11.6. The number of aromatic nitrogens is 1. The summed E-state index contributed by atoms with van der Waals surface area (Å²) < 4.78 is 34.3. The summed E-state index contributed by atoms with van der Waals surface area (Å²) in [6.07, 6.45) is 1.20. The fraction of sp³-hybridized carbons (Fsp3) is 0.167. The second-order valence-corrected chi connectivity index (χ2v) is 8.57. The van der Waals surface area contributed by atoms with Crippen LogP contribution in [-0.4, -0.2) is 32.9 Å². The van der Waals surface area contributed by atoms with E-state index in [1.165, 1.54) is 17.6 Å². The van der Waals surface area contributed by atoms with E-state index in [4.69, 9.17) is 9.47 Å². The second kappa shape index (κ2) is 6.16. The Hall–Kier alpha value is -2.38. The minimum Gasteiger partial charge on any atom is -0.486 e. The molecule has 0 spiro atoms. The Bertz CT molecular complexity index is 1020. The minimum atomic E-state index is -3.19. The van der Waals surface area contributed by atoms with Gasteiger partial charge in [-0.05, 0) is 30.3 Å². The molecule has 0 fully saturated rings. The van der Waals surface area contributed by atoms with Gasteiger partial charge in [0, 0.05) is 22.8 Å². The molecule has 0 saturated heterocycles. The molecule has 25 heavy (non-hydrogen) atoms. The highest BCUT2D eigenvalue weighted by molar-refractivity contribution is 7.90. The van der Waals surface area contributed by atoms with Crippen molar-refractivity contribution in [2.24, 2.45) is 0 Å². The molecule has 0 radical (unpaired) electrons. The van der Waals surface area contributed by atoms with E-state index < -0.39 is 9.84 Å². The molecule has 3 aromatic rings. The highest BCUT2D eigenvalue weighted by Crippen LogP contribution is 2.36. The third-order valence-electron chi connectivity index (χ3n) is 3.87. The van der Waals surface area contributed by atoms with Gasteiger partial charge in [0.15, 0.2) is 21.3 Å². The van der Waals surface area contributed by atoms with Crippen molar-refractivity contribution in [3.8, 4) is 33.3 Å². The summed E-state index contributed by atoms with van der Waals surface area (Å²) in [5.41, 5.74) is 2.66. The van der Waals surface area contributed by atoms with Crippen LogP contribution in [0.3, 0.4) is 0 Å². The predicted molar refractivity (Wildman–Crippen MR) is 97.1 cm³/mol. The summed E-state index contributed by atoms with van der Waals surface area (Å²) in [6, 6.07) is 12.6. The Morgan fingerprint density at radius 1 is 0.960 bits per heavy atom. The molecule has 7 heteroatoms. The zero-order valence-electron chi connectivity index (χ0n) is 13.4. The van der Waals surface area contributed by atoms with Crippen molar-refractivity contribution in [3.63, 3.8) is 0 Å². The van der Waals surface area contributed by atoms with Crippen molar-refractivity contribution in [3.05, 3.63) is 47.8 Å². The van der Waals surface area contributed by atoms with Crippen molar-refractivity contribution >= 4 is 21.2 Å². The number of rotatable bonds is 3. The molecule has 0 bridgehead atoms. The first-order valence-corrected chi connectivity index (χ1v) is 10.4. The summed E-state index contributed by atoms with van der Waals surface area (Å²) in [6.45, 7) is 1.11. The molecule has 2 heterocycles. The number of nitrogens with zero attached hydrogens (tertiary/aromatic N) is 1. The van der Waals surface area contributed by atoms with E-state index >= 15 is 0 Å². The van der Waals surface area contributed by atoms with E-state index in [1.807, 2.05) is 23.6 Å². The molecule has 1 aliphatic heterocycles. The molecule has 0 unspecified atom stereocenters. The van der Waals surface area contributed by atoms with Crippen molar-refractivity contribution < 1.29 is 17.9 Å². The van der Waals surface area contributed by atoms with Crippen LogP contribution >= 0.6 is 11.3 Å². The zero-order chi connectivity index (χ0) is 17.4. The molecule has 0 atom stereocenters. The van der Waals surface area contributed by atoms with Gasteiger partial charge in [-0.15, -0.1) is 11.3 Å². The number of hydrogen-bond donors (Lipinski definition) is 0. The predicted octanol–water partition coefficient (Wildman–Crippen LogP) is 3.65. The van der Waals surface area contributed by atoms with Crippen LogP contribution in [0.25, 0.3) is 21.8 Å². The quantitative estimate of drug-likeness (QED) is 0.701. The zero-order valence-corrected chi connectivity index (χ0v) is 15.1. The minimum absolute atomic E-state index is 0.304. The maximum absolute atomic E-state index is 11.6. The second-order valence-electron chi connectivity index (χ2n) is 5.69. The number of fused-ring (bicyclic) bond motifs is 1. The van der Waals surface area contributed by atoms with Gasteiger partial charge in [-0.2, -0.15) is 0 Å². The van der Waals surface area contributed by atoms with Gasteiger partial charge < -0.3 is 9.47 Å². The van der Waals surface area contributed by atoms with Gasteiger partial charge in [0.05, 0.1) is 10.6 Å². The summed E-state index contributed by atoms with van der Waals surface area (Å²) >= 11 is 1.53. The van der Waals surface area contributed by atoms with Gasteiger partial charge in [-0.3, -0.25) is 0 Å². The van der Waals surface area contributed by atoms with Gasteiger partial charge in [-0.1, -0.05) is 12.1 Å². The van der Waals surface area contributed by atoms with Crippen molar-refractivity contribution in [2.45, 2.75) is 4.90 Å². The summed E-state index contributed by atoms with van der Waals surface area (Å²) in [4.78, 5) is 4.97. The van der Waals surface area contributed by atoms with Gasteiger partial charge in [0.1, 0.15) is 18.2 Å². The average molecular weight is 373 g/mol. The first kappa shape index (κ1) is 16.1. The third kappa shape index (κ3) is 3.25. The molecule has 0 saturated carbocycles. The number of hydrogen-bond acceptors (Lipinski definition) is 6. The van der Waals surface area contributed by atoms with Gasteiger partial charge in [0.25, 0.3) is 0 Å². The molecule has 1 aliphatic rings. The van der Waals surface area contributed by atoms with E-state index in [2.05, 4.69) is 4.98 Å². The van der Waals surface area contributed by atoms with Crippen LogP contribution in [0.1, 0.15) is 0 Å². The molecule has 4 rings (SSSR count). The van der Waals surface area contributed by atoms with E-state index in [9.17, 15) is 8.42 Å². The fourth-order valence-corrected chi connectivity index (χ4v) is 4.04. The van der Waals surface area contributed by atoms with Crippen LogP contribution in [0, 0.1) is 0 Å². The Morgan fingerprint density at radius 2 is 1.64 bits per heavy atom. The average Bonchev–Trinajstić information content (AvgIpc) is 3.11. The Balaban J connectivity index is 1.64. The van der Waals surface area contributed by atoms with Gasteiger partial charge in [0.2, 0.25) is 0 Å². The number of benzene rings is 2. The van der Waals surface area contributed by atoms with Crippen LogP contribution in [-0.2, 0) is 9.84 Å². The van der Waals surface area contributed by atoms with Crippen LogP contribution in [0.4, 0.5) is 0 Å². The lowest BCUT2D eigenvalue weighted by Crippen LogP contribution is -2.15. The molecule has 2 aromatic carbocycles. The molecule has 1 aromatic heterocycles. The summed E-state index contributed by atoms with van der Waals surface area (Å²) in [5, 5.41) is 2.83. The highest BCUT2D eigenvalue weighted by atomic mass is 32.2. The third-order valence-corrected chi connectivity index (χ3v) is 5.89. The van der Waals surface area contributed by atoms with Crippen LogP contribution in [0.2, 0.25) is 0 Å². The van der Waals surface area contributed by atoms with E-state index in [1.54, 1.807) is 24.3 Å². The SMILES string of the molecule is CS(=O)(=O)c1ccc(-c2csc(-c3ccc4c(c3)OCCO4)n2)cc1. The lowest BCUT2D eigenvalue weighted by atomic mass is 10.1. The molecule has 0 aliphatic carbocycles. The lowest BCUT2D eigenvalue weighted by molar-refractivity contribution is 0.171. The molecule has 0 N–H and O–H groups in total. The Morgan fingerprint density at radius 3 is 2.36 bits per heavy atom.